The lowest BCUT2D eigenvalue weighted by Crippen LogP contribution is -2.39. The van der Waals surface area contributed by atoms with E-state index in [1.54, 1.807) is 0 Å². The first-order valence-electron chi connectivity index (χ1n) is 6.26. The fourth-order valence-corrected chi connectivity index (χ4v) is 4.59. The van der Waals surface area contributed by atoms with E-state index in [-0.39, 0.29) is 23.4 Å². The van der Waals surface area contributed by atoms with Crippen molar-refractivity contribution in [3.8, 4) is 0 Å². The molecule has 1 fully saturated rings. The lowest BCUT2D eigenvalue weighted by atomic mass is 10.2. The van der Waals surface area contributed by atoms with Crippen LogP contribution in [0, 0.1) is 5.82 Å². The zero-order valence-corrected chi connectivity index (χ0v) is 13.7. The van der Waals surface area contributed by atoms with Crippen LogP contribution in [0.3, 0.4) is 0 Å². The van der Waals surface area contributed by atoms with Crippen molar-refractivity contribution in [3.63, 3.8) is 0 Å². The maximum absolute atomic E-state index is 13.9. The molecule has 9 heteroatoms. The van der Waals surface area contributed by atoms with Gasteiger partial charge in [-0.1, -0.05) is 0 Å². The van der Waals surface area contributed by atoms with Crippen LogP contribution in [0.25, 0.3) is 0 Å². The molecule has 0 unspecified atom stereocenters. The fraction of sp³-hybridized carbons (Fsp3) is 0.500. The summed E-state index contributed by atoms with van der Waals surface area (Å²) in [5.74, 6) is -0.963. The molecule has 0 atom stereocenters. The van der Waals surface area contributed by atoms with E-state index in [4.69, 9.17) is 11.6 Å². The van der Waals surface area contributed by atoms with Crippen molar-refractivity contribution in [1.29, 1.82) is 0 Å². The number of hydrogen-bond acceptors (Lipinski definition) is 4. The summed E-state index contributed by atoms with van der Waals surface area (Å²) in [6.45, 7) is 0.387. The third kappa shape index (κ3) is 3.56. The van der Waals surface area contributed by atoms with E-state index in [0.717, 1.165) is 28.8 Å². The van der Waals surface area contributed by atoms with Gasteiger partial charge >= 0.3 is 0 Å². The smallest absolute Gasteiger partial charge is 0.224 e. The minimum atomic E-state index is -4.06. The number of rotatable bonds is 3. The Morgan fingerprint density at radius 2 is 1.76 bits per heavy atom. The van der Waals surface area contributed by atoms with E-state index in [0.29, 0.717) is 12.8 Å². The Morgan fingerprint density at radius 1 is 1.19 bits per heavy atom. The molecule has 1 aliphatic heterocycles. The van der Waals surface area contributed by atoms with E-state index < -0.39 is 30.6 Å². The van der Waals surface area contributed by atoms with Crippen molar-refractivity contribution >= 4 is 31.5 Å². The summed E-state index contributed by atoms with van der Waals surface area (Å²) in [7, 11) is -7.68. The number of sulfone groups is 1. The van der Waals surface area contributed by atoms with Gasteiger partial charge in [-0.05, 0) is 31.0 Å². The molecule has 0 bridgehead atoms. The number of hydrogen-bond donors (Lipinski definition) is 0. The number of nitrogens with zero attached hydrogens (tertiary/aromatic N) is 1. The first-order chi connectivity index (χ1) is 9.62. The monoisotopic (exact) mass is 355 g/mol. The maximum Gasteiger partial charge on any atom is 0.246 e. The number of halogens is 2. The van der Waals surface area contributed by atoms with Gasteiger partial charge < -0.3 is 0 Å². The van der Waals surface area contributed by atoms with Crippen molar-refractivity contribution in [2.45, 2.75) is 28.0 Å². The van der Waals surface area contributed by atoms with Crippen LogP contribution in [0.4, 0.5) is 4.39 Å². The standard InChI is InChI=1S/C12H15ClFNO4S2/c1-20(16,17)10-2-3-11(14)12(8-10)21(18,19)15-6-4-9(13)5-7-15/h2-3,8-9H,4-7H2,1H3. The van der Waals surface area contributed by atoms with Crippen LogP contribution in [-0.4, -0.2) is 45.9 Å². The highest BCUT2D eigenvalue weighted by Gasteiger charge is 2.31. The van der Waals surface area contributed by atoms with Crippen LogP contribution in [0.5, 0.6) is 0 Å². The van der Waals surface area contributed by atoms with E-state index in [1.165, 1.54) is 0 Å². The van der Waals surface area contributed by atoms with Crippen molar-refractivity contribution < 1.29 is 21.2 Å². The highest BCUT2D eigenvalue weighted by molar-refractivity contribution is 7.91. The van der Waals surface area contributed by atoms with Gasteiger partial charge in [0.1, 0.15) is 10.7 Å². The molecule has 1 saturated heterocycles. The van der Waals surface area contributed by atoms with Gasteiger partial charge in [0, 0.05) is 24.7 Å². The van der Waals surface area contributed by atoms with E-state index in [2.05, 4.69) is 0 Å². The highest BCUT2D eigenvalue weighted by atomic mass is 35.5. The number of benzene rings is 1. The minimum absolute atomic E-state index is 0.0938. The summed E-state index contributed by atoms with van der Waals surface area (Å²) in [4.78, 5) is -0.840. The van der Waals surface area contributed by atoms with E-state index in [1.807, 2.05) is 0 Å². The summed E-state index contributed by atoms with van der Waals surface area (Å²) in [5.41, 5.74) is 0. The lowest BCUT2D eigenvalue weighted by Gasteiger charge is -2.28. The van der Waals surface area contributed by atoms with Gasteiger partial charge in [-0.3, -0.25) is 0 Å². The second kappa shape index (κ2) is 5.83. The normalized spacial score (nSPS) is 18.8. The van der Waals surface area contributed by atoms with Crippen molar-refractivity contribution in [3.05, 3.63) is 24.0 Å². The van der Waals surface area contributed by atoms with Crippen LogP contribution in [0.15, 0.2) is 28.0 Å². The Morgan fingerprint density at radius 3 is 2.29 bits per heavy atom. The average Bonchev–Trinajstić information content (AvgIpc) is 2.38. The predicted molar refractivity (Wildman–Crippen MR) is 77.1 cm³/mol. The molecule has 0 aromatic heterocycles. The molecule has 0 N–H and O–H groups in total. The third-order valence-corrected chi connectivity index (χ3v) is 6.79. The molecule has 1 heterocycles. The average molecular weight is 356 g/mol. The molecule has 1 aliphatic rings. The quantitative estimate of drug-likeness (QED) is 0.610. The van der Waals surface area contributed by atoms with Gasteiger partial charge in [-0.25, -0.2) is 21.2 Å². The number of piperidine rings is 1. The molecule has 118 valence electrons. The Balaban J connectivity index is 2.45. The molecule has 0 saturated carbocycles. The topological polar surface area (TPSA) is 71.5 Å². The molecular weight excluding hydrogens is 341 g/mol. The summed E-state index contributed by atoms with van der Waals surface area (Å²) >= 11 is 5.92. The Kier molecular flexibility index (Phi) is 4.63. The second-order valence-corrected chi connectivity index (χ2v) is 9.48. The van der Waals surface area contributed by atoms with Crippen LogP contribution >= 0.6 is 11.6 Å². The van der Waals surface area contributed by atoms with Gasteiger partial charge in [0.25, 0.3) is 0 Å². The SMILES string of the molecule is CS(=O)(=O)c1ccc(F)c(S(=O)(=O)N2CCC(Cl)CC2)c1. The molecule has 0 amide bonds. The molecule has 21 heavy (non-hydrogen) atoms. The van der Waals surface area contributed by atoms with E-state index >= 15 is 0 Å². The van der Waals surface area contributed by atoms with Crippen LogP contribution in [0.2, 0.25) is 0 Å². The second-order valence-electron chi connectivity index (χ2n) is 4.94. The number of sulfonamides is 1. The van der Waals surface area contributed by atoms with E-state index in [9.17, 15) is 21.2 Å². The van der Waals surface area contributed by atoms with Gasteiger partial charge in [-0.15, -0.1) is 11.6 Å². The van der Waals surface area contributed by atoms with Crippen molar-refractivity contribution in [2.75, 3.05) is 19.3 Å². The Hall–Kier alpha value is -0.700. The van der Waals surface area contributed by atoms with Crippen LogP contribution < -0.4 is 0 Å². The molecular formula is C12H15ClFNO4S2. The summed E-state index contributed by atoms with van der Waals surface area (Å²) < 4.78 is 62.9. The Bertz CT molecular complexity index is 741. The fourth-order valence-electron chi connectivity index (χ4n) is 2.12. The Labute approximate surface area is 128 Å². The molecule has 1 aromatic carbocycles. The first-order valence-corrected chi connectivity index (χ1v) is 10.0. The highest BCUT2D eigenvalue weighted by Crippen LogP contribution is 2.26. The van der Waals surface area contributed by atoms with Gasteiger partial charge in [0.2, 0.25) is 10.0 Å². The lowest BCUT2D eigenvalue weighted by molar-refractivity contribution is 0.348. The van der Waals surface area contributed by atoms with Crippen LogP contribution in [-0.2, 0) is 19.9 Å². The first kappa shape index (κ1) is 16.7. The van der Waals surface area contributed by atoms with Gasteiger partial charge in [-0.2, -0.15) is 4.31 Å². The van der Waals surface area contributed by atoms with Crippen molar-refractivity contribution in [1.82, 2.24) is 4.31 Å². The van der Waals surface area contributed by atoms with Gasteiger partial charge in [0.05, 0.1) is 4.90 Å². The summed E-state index contributed by atoms with van der Waals surface area (Å²) in [5, 5.41) is -0.0938. The predicted octanol–water partition coefficient (Wildman–Crippen LogP) is 1.62. The molecule has 0 spiro atoms. The van der Waals surface area contributed by atoms with Crippen LogP contribution in [0.1, 0.15) is 12.8 Å². The van der Waals surface area contributed by atoms with Crippen molar-refractivity contribution in [2.24, 2.45) is 0 Å². The molecule has 0 radical (unpaired) electrons. The van der Waals surface area contributed by atoms with Gasteiger partial charge in [0.15, 0.2) is 9.84 Å². The largest absolute Gasteiger partial charge is 0.246 e. The zero-order valence-electron chi connectivity index (χ0n) is 11.3. The summed E-state index contributed by atoms with van der Waals surface area (Å²) in [6, 6.07) is 2.78. The molecule has 1 aromatic rings. The molecule has 5 nitrogen and oxygen atoms in total. The number of alkyl halides is 1. The molecule has 2 rings (SSSR count). The zero-order chi connectivity index (χ0) is 15.8. The molecule has 0 aliphatic carbocycles. The minimum Gasteiger partial charge on any atom is -0.224 e. The summed E-state index contributed by atoms with van der Waals surface area (Å²) in [6.07, 6.45) is 1.90. The maximum atomic E-state index is 13.9. The third-order valence-electron chi connectivity index (χ3n) is 3.33.